The van der Waals surface area contributed by atoms with E-state index < -0.39 is 17.5 Å². The molecule has 134 valence electrons. The van der Waals surface area contributed by atoms with Crippen LogP contribution in [0.1, 0.15) is 38.1 Å². The van der Waals surface area contributed by atoms with Crippen LogP contribution in [0.4, 0.5) is 4.79 Å². The van der Waals surface area contributed by atoms with Gasteiger partial charge in [0.1, 0.15) is 0 Å². The highest BCUT2D eigenvalue weighted by Crippen LogP contribution is 2.20. The molecule has 0 bridgehead atoms. The van der Waals surface area contributed by atoms with Crippen LogP contribution in [0.2, 0.25) is 0 Å². The fraction of sp³-hybridized carbons (Fsp3) is 0.438. The monoisotopic (exact) mass is 346 g/mol. The van der Waals surface area contributed by atoms with Gasteiger partial charge in [0.25, 0.3) is 0 Å². The molecule has 1 atom stereocenters. The van der Waals surface area contributed by atoms with Crippen molar-refractivity contribution in [1.29, 1.82) is 0 Å². The van der Waals surface area contributed by atoms with E-state index in [0.29, 0.717) is 17.9 Å². The topological polar surface area (TPSA) is 122 Å². The molecule has 25 heavy (non-hydrogen) atoms. The van der Waals surface area contributed by atoms with Gasteiger partial charge in [0.05, 0.1) is 6.54 Å². The maximum Gasteiger partial charge on any atom is 0.333 e. The Labute approximate surface area is 145 Å². The molecular weight excluding hydrogens is 324 g/mol. The smallest absolute Gasteiger partial charge is 0.333 e. The Bertz CT molecular complexity index is 718. The van der Waals surface area contributed by atoms with Gasteiger partial charge in [-0.1, -0.05) is 43.7 Å². The summed E-state index contributed by atoms with van der Waals surface area (Å²) in [5.74, 6) is -0.637. The van der Waals surface area contributed by atoms with Crippen LogP contribution in [0.5, 0.6) is 0 Å². The number of amides is 2. The number of carboxylic acid groups (broad SMARTS) is 1. The van der Waals surface area contributed by atoms with Gasteiger partial charge >= 0.3 is 12.0 Å². The van der Waals surface area contributed by atoms with E-state index in [-0.39, 0.29) is 6.54 Å². The van der Waals surface area contributed by atoms with Crippen molar-refractivity contribution in [2.75, 3.05) is 0 Å². The van der Waals surface area contributed by atoms with Crippen LogP contribution in [0.25, 0.3) is 0 Å². The zero-order valence-corrected chi connectivity index (χ0v) is 14.3. The van der Waals surface area contributed by atoms with Gasteiger partial charge in [-0.3, -0.25) is 0 Å². The van der Waals surface area contributed by atoms with Gasteiger partial charge in [-0.05, 0) is 29.3 Å². The molecule has 0 unspecified atom stereocenters. The summed E-state index contributed by atoms with van der Waals surface area (Å²) in [6.07, 6.45) is 1.93. The van der Waals surface area contributed by atoms with Crippen molar-refractivity contribution in [3.63, 3.8) is 0 Å². The summed E-state index contributed by atoms with van der Waals surface area (Å²) in [6, 6.07) is 7.91. The van der Waals surface area contributed by atoms with Crippen molar-refractivity contribution < 1.29 is 14.7 Å². The third kappa shape index (κ3) is 4.52. The standard InChI is InChI=1S/C16H22N6O3/c1-3-4-10-22-13(19-20-21-22)11-17-15(25)18-16(2,14(23)24)12-8-6-5-7-9-12/h5-9H,3-4,10-11H2,1-2H3,(H,23,24)(H2,17,18,25)/t16-/m1/s1. The molecule has 9 nitrogen and oxygen atoms in total. The van der Waals surface area contributed by atoms with Crippen LogP contribution < -0.4 is 10.6 Å². The van der Waals surface area contributed by atoms with E-state index >= 15 is 0 Å². The number of aromatic nitrogens is 4. The first-order valence-electron chi connectivity index (χ1n) is 8.07. The van der Waals surface area contributed by atoms with Crippen molar-refractivity contribution in [3.05, 3.63) is 41.7 Å². The lowest BCUT2D eigenvalue weighted by atomic mass is 9.92. The number of benzene rings is 1. The van der Waals surface area contributed by atoms with Crippen LogP contribution in [0.3, 0.4) is 0 Å². The molecule has 0 spiro atoms. The highest BCUT2D eigenvalue weighted by atomic mass is 16.4. The van der Waals surface area contributed by atoms with Crippen LogP contribution in [-0.4, -0.2) is 37.3 Å². The lowest BCUT2D eigenvalue weighted by molar-refractivity contribution is -0.144. The first-order chi connectivity index (χ1) is 12.0. The van der Waals surface area contributed by atoms with Crippen LogP contribution in [-0.2, 0) is 23.4 Å². The number of tetrazole rings is 1. The number of rotatable bonds is 8. The van der Waals surface area contributed by atoms with Gasteiger partial charge in [-0.25, -0.2) is 14.3 Å². The first kappa shape index (κ1) is 18.4. The van der Waals surface area contributed by atoms with E-state index in [4.69, 9.17) is 0 Å². The number of aryl methyl sites for hydroxylation is 1. The third-order valence-corrected chi connectivity index (χ3v) is 3.88. The Morgan fingerprint density at radius 2 is 2.00 bits per heavy atom. The molecule has 3 N–H and O–H groups in total. The lowest BCUT2D eigenvalue weighted by Gasteiger charge is -2.26. The second-order valence-electron chi connectivity index (χ2n) is 5.78. The highest BCUT2D eigenvalue weighted by molar-refractivity contribution is 5.87. The molecule has 0 saturated heterocycles. The van der Waals surface area contributed by atoms with E-state index in [1.54, 1.807) is 35.0 Å². The van der Waals surface area contributed by atoms with Crippen molar-refractivity contribution in [2.45, 2.75) is 45.3 Å². The van der Waals surface area contributed by atoms with Gasteiger partial charge in [-0.2, -0.15) is 0 Å². The highest BCUT2D eigenvalue weighted by Gasteiger charge is 2.36. The Hall–Kier alpha value is -2.97. The molecule has 1 heterocycles. The summed E-state index contributed by atoms with van der Waals surface area (Å²) in [5, 5.41) is 26.0. The molecule has 0 aliphatic rings. The zero-order valence-electron chi connectivity index (χ0n) is 14.3. The first-order valence-corrected chi connectivity index (χ1v) is 8.07. The number of unbranched alkanes of at least 4 members (excludes halogenated alkanes) is 1. The summed E-state index contributed by atoms with van der Waals surface area (Å²) in [5.41, 5.74) is -1.06. The lowest BCUT2D eigenvalue weighted by Crippen LogP contribution is -2.52. The van der Waals surface area contributed by atoms with Crippen LogP contribution in [0, 0.1) is 0 Å². The molecule has 1 aromatic heterocycles. The molecule has 2 rings (SSSR count). The number of carbonyl (C=O) groups is 2. The van der Waals surface area contributed by atoms with Crippen LogP contribution in [0.15, 0.2) is 30.3 Å². The molecular formula is C16H22N6O3. The molecule has 0 aliphatic heterocycles. The largest absolute Gasteiger partial charge is 0.479 e. The van der Waals surface area contributed by atoms with Gasteiger partial charge in [-0.15, -0.1) is 5.10 Å². The number of carboxylic acids is 1. The maximum atomic E-state index is 12.2. The summed E-state index contributed by atoms with van der Waals surface area (Å²) >= 11 is 0. The van der Waals surface area contributed by atoms with Crippen molar-refractivity contribution in [1.82, 2.24) is 30.8 Å². The van der Waals surface area contributed by atoms with Crippen molar-refractivity contribution in [2.24, 2.45) is 0 Å². The minimum Gasteiger partial charge on any atom is -0.479 e. The number of nitrogens with one attached hydrogen (secondary N) is 2. The number of urea groups is 1. The predicted molar refractivity (Wildman–Crippen MR) is 89.5 cm³/mol. The molecule has 0 aliphatic carbocycles. The Balaban J connectivity index is 2.01. The van der Waals surface area contributed by atoms with Crippen LogP contribution >= 0.6 is 0 Å². The Morgan fingerprint density at radius 1 is 1.28 bits per heavy atom. The van der Waals surface area contributed by atoms with Gasteiger partial charge in [0.2, 0.25) is 0 Å². The second kappa shape index (κ2) is 8.22. The molecule has 0 fully saturated rings. The second-order valence-corrected chi connectivity index (χ2v) is 5.78. The van der Waals surface area contributed by atoms with E-state index in [9.17, 15) is 14.7 Å². The molecule has 1 aromatic carbocycles. The molecule has 2 amide bonds. The zero-order chi connectivity index (χ0) is 18.3. The fourth-order valence-electron chi connectivity index (χ4n) is 2.28. The van der Waals surface area contributed by atoms with E-state index in [1.807, 2.05) is 0 Å². The molecule has 0 saturated carbocycles. The third-order valence-electron chi connectivity index (χ3n) is 3.88. The SMILES string of the molecule is CCCCn1nnnc1CNC(=O)N[C@@](C)(C(=O)O)c1ccccc1. The van der Waals surface area contributed by atoms with E-state index in [2.05, 4.69) is 33.1 Å². The quantitative estimate of drug-likeness (QED) is 0.662. The normalized spacial score (nSPS) is 13.0. The number of hydrogen-bond acceptors (Lipinski definition) is 5. The predicted octanol–water partition coefficient (Wildman–Crippen LogP) is 1.27. The van der Waals surface area contributed by atoms with Gasteiger partial charge < -0.3 is 15.7 Å². The molecule has 2 aromatic rings. The molecule has 9 heteroatoms. The summed E-state index contributed by atoms with van der Waals surface area (Å²) in [4.78, 5) is 23.9. The average Bonchev–Trinajstić information content (AvgIpc) is 3.06. The van der Waals surface area contributed by atoms with Crippen molar-refractivity contribution in [3.8, 4) is 0 Å². The summed E-state index contributed by atoms with van der Waals surface area (Å²) in [6.45, 7) is 4.27. The maximum absolute atomic E-state index is 12.2. The minimum absolute atomic E-state index is 0.104. The number of aliphatic carboxylic acids is 1. The Morgan fingerprint density at radius 3 is 2.64 bits per heavy atom. The number of hydrogen-bond donors (Lipinski definition) is 3. The van der Waals surface area contributed by atoms with E-state index in [0.717, 1.165) is 12.8 Å². The number of carbonyl (C=O) groups excluding carboxylic acids is 1. The van der Waals surface area contributed by atoms with E-state index in [1.165, 1.54) is 6.92 Å². The fourth-order valence-corrected chi connectivity index (χ4v) is 2.28. The average molecular weight is 346 g/mol. The Kier molecular flexibility index (Phi) is 6.04. The summed E-state index contributed by atoms with van der Waals surface area (Å²) < 4.78 is 1.62. The molecule has 0 radical (unpaired) electrons. The van der Waals surface area contributed by atoms with Gasteiger partial charge in [0, 0.05) is 6.54 Å². The minimum atomic E-state index is -1.54. The van der Waals surface area contributed by atoms with Gasteiger partial charge in [0.15, 0.2) is 11.4 Å². The number of nitrogens with zero attached hydrogens (tertiary/aromatic N) is 4. The summed E-state index contributed by atoms with van der Waals surface area (Å²) in [7, 11) is 0. The van der Waals surface area contributed by atoms with Crippen molar-refractivity contribution >= 4 is 12.0 Å².